The second-order valence-electron chi connectivity index (χ2n) is 9.37. The summed E-state index contributed by atoms with van der Waals surface area (Å²) in [7, 11) is 2.89. The molecule has 0 N–H and O–H groups in total. The molecular weight excluding hydrogens is 592 g/mol. The Morgan fingerprint density at radius 2 is 1.60 bits per heavy atom. The molecule has 1 unspecified atom stereocenters. The Kier molecular flexibility index (Phi) is 7.64. The van der Waals surface area contributed by atoms with Crippen molar-refractivity contribution in [1.29, 1.82) is 0 Å². The van der Waals surface area contributed by atoms with E-state index in [4.69, 9.17) is 25.8 Å². The Balaban J connectivity index is 1.53. The molecule has 0 fully saturated rings. The van der Waals surface area contributed by atoms with Crippen LogP contribution < -0.4 is 14.2 Å². The van der Waals surface area contributed by atoms with Gasteiger partial charge in [-0.05, 0) is 48.0 Å². The molecule has 1 aliphatic rings. The number of ether oxygens (including phenoxy) is 3. The highest BCUT2D eigenvalue weighted by molar-refractivity contribution is 6.32. The van der Waals surface area contributed by atoms with Gasteiger partial charge in [0.05, 0.1) is 47.8 Å². The number of aromatic nitrogens is 2. The number of hydrogen-bond acceptors (Lipinski definition) is 5. The SMILES string of the molecule is COc1ccc(C2c3c(nc4cc(C(F)(F)F)ccn34)CCN2C(=O)COc2ccc(C(F)(F)F)cc2Cl)cc1OC. The molecule has 0 bridgehead atoms. The number of halogens is 7. The van der Waals surface area contributed by atoms with E-state index in [2.05, 4.69) is 4.98 Å². The summed E-state index contributed by atoms with van der Waals surface area (Å²) >= 11 is 5.99. The van der Waals surface area contributed by atoms with Crippen LogP contribution in [-0.4, -0.2) is 47.6 Å². The molecule has 0 spiro atoms. The summed E-state index contributed by atoms with van der Waals surface area (Å²) in [5, 5.41) is -0.322. The molecule has 14 heteroatoms. The third-order valence-electron chi connectivity index (χ3n) is 6.88. The highest BCUT2D eigenvalue weighted by Crippen LogP contribution is 2.41. The molecule has 2 aromatic carbocycles. The smallest absolute Gasteiger partial charge is 0.416 e. The summed E-state index contributed by atoms with van der Waals surface area (Å²) in [6, 6.07) is 8.53. The van der Waals surface area contributed by atoms with Crippen molar-refractivity contribution in [3.63, 3.8) is 0 Å². The fourth-order valence-corrected chi connectivity index (χ4v) is 5.15. The molecular formula is C28H22ClF6N3O4. The molecule has 0 saturated carbocycles. The van der Waals surface area contributed by atoms with Gasteiger partial charge in [0.1, 0.15) is 11.4 Å². The average Bonchev–Trinajstić information content (AvgIpc) is 3.32. The van der Waals surface area contributed by atoms with Crippen molar-refractivity contribution >= 4 is 23.2 Å². The predicted molar refractivity (Wildman–Crippen MR) is 139 cm³/mol. The number of nitrogens with zero attached hydrogens (tertiary/aromatic N) is 3. The van der Waals surface area contributed by atoms with Gasteiger partial charge in [-0.2, -0.15) is 26.3 Å². The lowest BCUT2D eigenvalue weighted by Crippen LogP contribution is -2.43. The van der Waals surface area contributed by atoms with Gasteiger partial charge >= 0.3 is 12.4 Å². The number of rotatable bonds is 6. The van der Waals surface area contributed by atoms with Gasteiger partial charge in [-0.1, -0.05) is 17.7 Å². The first-order valence-corrected chi connectivity index (χ1v) is 12.8. The van der Waals surface area contributed by atoms with Crippen molar-refractivity contribution < 1.29 is 45.3 Å². The number of carbonyl (C=O) groups is 1. The molecule has 1 atom stereocenters. The number of fused-ring (bicyclic) bond motifs is 3. The van der Waals surface area contributed by atoms with E-state index in [1.54, 1.807) is 18.2 Å². The van der Waals surface area contributed by atoms with Crippen LogP contribution in [0.25, 0.3) is 5.65 Å². The maximum atomic E-state index is 13.6. The lowest BCUT2D eigenvalue weighted by molar-refractivity contribution is -0.138. The minimum Gasteiger partial charge on any atom is -0.493 e. The van der Waals surface area contributed by atoms with Crippen LogP contribution >= 0.6 is 11.6 Å². The molecule has 0 aliphatic carbocycles. The Bertz CT molecular complexity index is 1650. The Hall–Kier alpha value is -4.13. The summed E-state index contributed by atoms with van der Waals surface area (Å²) in [6.07, 6.45) is -7.69. The maximum absolute atomic E-state index is 13.6. The van der Waals surface area contributed by atoms with Crippen LogP contribution in [-0.2, 0) is 23.6 Å². The number of pyridine rings is 1. The van der Waals surface area contributed by atoms with Crippen LogP contribution in [0.3, 0.4) is 0 Å². The first-order valence-electron chi connectivity index (χ1n) is 12.4. The van der Waals surface area contributed by atoms with Gasteiger partial charge in [0.15, 0.2) is 18.1 Å². The third kappa shape index (κ3) is 5.52. The van der Waals surface area contributed by atoms with E-state index in [0.717, 1.165) is 24.3 Å². The predicted octanol–water partition coefficient (Wildman–Crippen LogP) is 6.60. The number of hydrogen-bond donors (Lipinski definition) is 0. The topological polar surface area (TPSA) is 65.3 Å². The van der Waals surface area contributed by atoms with Gasteiger partial charge in [0.25, 0.3) is 5.91 Å². The quantitative estimate of drug-likeness (QED) is 0.230. The maximum Gasteiger partial charge on any atom is 0.416 e. The number of carbonyl (C=O) groups excluding carboxylic acids is 1. The minimum atomic E-state index is -4.61. The second kappa shape index (κ2) is 10.9. The summed E-state index contributed by atoms with van der Waals surface area (Å²) in [5.41, 5.74) is -0.249. The molecule has 2 aromatic heterocycles. The van der Waals surface area contributed by atoms with Gasteiger partial charge < -0.3 is 23.5 Å². The van der Waals surface area contributed by atoms with Crippen molar-refractivity contribution in [2.75, 3.05) is 27.4 Å². The van der Waals surface area contributed by atoms with Crippen molar-refractivity contribution in [2.24, 2.45) is 0 Å². The minimum absolute atomic E-state index is 0.0578. The standard InChI is InChI=1S/C28H22ClF6N3O4/c1-40-21-5-3-15(11-22(21)41-2)25-26-19(36-23-13-17(28(33,34)35)7-9-37(23)26)8-10-38(25)24(39)14-42-20-6-4-16(12-18(20)29)27(30,31)32/h3-7,9,11-13,25H,8,10,14H2,1-2H3. The molecule has 4 aromatic rings. The zero-order valence-electron chi connectivity index (χ0n) is 22.0. The number of methoxy groups -OCH3 is 2. The van der Waals surface area contributed by atoms with E-state index in [-0.39, 0.29) is 29.4 Å². The molecule has 0 saturated heterocycles. The van der Waals surface area contributed by atoms with Crippen molar-refractivity contribution in [2.45, 2.75) is 24.8 Å². The monoisotopic (exact) mass is 613 g/mol. The third-order valence-corrected chi connectivity index (χ3v) is 7.18. The van der Waals surface area contributed by atoms with E-state index in [1.807, 2.05) is 0 Å². The molecule has 5 rings (SSSR count). The Morgan fingerprint density at radius 1 is 0.929 bits per heavy atom. The number of imidazole rings is 1. The lowest BCUT2D eigenvalue weighted by atomic mass is 9.95. The molecule has 7 nitrogen and oxygen atoms in total. The normalized spacial score (nSPS) is 15.5. The summed E-state index contributed by atoms with van der Waals surface area (Å²) in [5.74, 6) is 0.116. The van der Waals surface area contributed by atoms with E-state index in [1.165, 1.54) is 29.7 Å². The van der Waals surface area contributed by atoms with Crippen molar-refractivity contribution in [3.05, 3.63) is 87.8 Å². The van der Waals surface area contributed by atoms with Crippen LogP contribution in [0, 0.1) is 0 Å². The summed E-state index contributed by atoms with van der Waals surface area (Å²) in [4.78, 5) is 19.5. The fraction of sp³-hybridized carbons (Fsp3) is 0.286. The van der Waals surface area contributed by atoms with E-state index in [9.17, 15) is 31.1 Å². The van der Waals surface area contributed by atoms with Crippen LogP contribution in [0.5, 0.6) is 17.2 Å². The van der Waals surface area contributed by atoms with Crippen LogP contribution in [0.4, 0.5) is 26.3 Å². The number of benzene rings is 2. The fourth-order valence-electron chi connectivity index (χ4n) is 4.91. The van der Waals surface area contributed by atoms with E-state index >= 15 is 0 Å². The largest absolute Gasteiger partial charge is 0.493 e. The van der Waals surface area contributed by atoms with Crippen molar-refractivity contribution in [1.82, 2.24) is 14.3 Å². The first kappa shape index (κ1) is 29.4. The zero-order valence-corrected chi connectivity index (χ0v) is 22.8. The first-order chi connectivity index (χ1) is 19.8. The van der Waals surface area contributed by atoms with Gasteiger partial charge in [-0.3, -0.25) is 4.79 Å². The van der Waals surface area contributed by atoms with Gasteiger partial charge in [-0.15, -0.1) is 0 Å². The highest BCUT2D eigenvalue weighted by atomic mass is 35.5. The van der Waals surface area contributed by atoms with Crippen LogP contribution in [0.15, 0.2) is 54.7 Å². The van der Waals surface area contributed by atoms with E-state index < -0.39 is 42.0 Å². The molecule has 3 heterocycles. The molecule has 222 valence electrons. The average molecular weight is 614 g/mol. The summed E-state index contributed by atoms with van der Waals surface area (Å²) in [6.45, 7) is -0.440. The number of alkyl halides is 6. The van der Waals surface area contributed by atoms with Gasteiger partial charge in [-0.25, -0.2) is 4.98 Å². The van der Waals surface area contributed by atoms with Crippen LogP contribution in [0.1, 0.15) is 34.1 Å². The van der Waals surface area contributed by atoms with Crippen molar-refractivity contribution in [3.8, 4) is 17.2 Å². The van der Waals surface area contributed by atoms with Crippen LogP contribution in [0.2, 0.25) is 5.02 Å². The molecule has 1 amide bonds. The van der Waals surface area contributed by atoms with Gasteiger partial charge in [0.2, 0.25) is 0 Å². The highest BCUT2D eigenvalue weighted by Gasteiger charge is 2.38. The number of amides is 1. The molecule has 0 radical (unpaired) electrons. The summed E-state index contributed by atoms with van der Waals surface area (Å²) < 4.78 is 97.0. The Labute approximate surface area is 240 Å². The molecule has 42 heavy (non-hydrogen) atoms. The van der Waals surface area contributed by atoms with E-state index in [0.29, 0.717) is 34.5 Å². The molecule has 1 aliphatic heterocycles. The lowest BCUT2D eigenvalue weighted by Gasteiger charge is -2.36. The zero-order chi connectivity index (χ0) is 30.4. The second-order valence-corrected chi connectivity index (χ2v) is 9.78. The van der Waals surface area contributed by atoms with Gasteiger partial charge in [0, 0.05) is 19.2 Å². The Morgan fingerprint density at radius 3 is 2.24 bits per heavy atom.